The van der Waals surface area contributed by atoms with Crippen LogP contribution in [0.15, 0.2) is 59.7 Å². The Morgan fingerprint density at radius 3 is 1.94 bits per heavy atom. The molecule has 2 heteroatoms. The Bertz CT molecular complexity index is 1120. The zero-order chi connectivity index (χ0) is 25.0. The quantitative estimate of drug-likeness (QED) is 0.207. The van der Waals surface area contributed by atoms with Crippen LogP contribution >= 0.6 is 0 Å². The first-order valence-corrected chi connectivity index (χ1v) is 13.7. The van der Waals surface area contributed by atoms with E-state index in [2.05, 4.69) is 81.1 Å². The summed E-state index contributed by atoms with van der Waals surface area (Å²) in [5.74, 6) is 6.23. The molecule has 0 unspecified atom stereocenters. The van der Waals surface area contributed by atoms with Gasteiger partial charge in [-0.3, -0.25) is 0 Å². The lowest BCUT2D eigenvalue weighted by Crippen LogP contribution is -2.05. The van der Waals surface area contributed by atoms with Crippen LogP contribution in [0, 0.1) is 11.8 Å². The Labute approximate surface area is 213 Å². The lowest BCUT2D eigenvalue weighted by molar-refractivity contribution is -0.345. The summed E-state index contributed by atoms with van der Waals surface area (Å²) < 4.78 is 1.52. The van der Waals surface area contributed by atoms with Crippen LogP contribution in [-0.2, 0) is 12.8 Å². The smallest absolute Gasteiger partial charge is 0.211 e. The lowest BCUT2D eigenvalue weighted by Gasteiger charge is -2.13. The number of unbranched alkanes of at least 4 members (excludes halogenated alkanes) is 3. The molecule has 0 amide bonds. The predicted octanol–water partition coefficient (Wildman–Crippen LogP) is 9.54. The lowest BCUT2D eigenvalue weighted by atomic mass is 9.90. The number of hydrogen-bond acceptors (Lipinski definition) is 0. The Morgan fingerprint density at radius 2 is 1.31 bits per heavy atom. The number of aryl methyl sites for hydroxylation is 2. The van der Waals surface area contributed by atoms with E-state index in [-0.39, 0.29) is 0 Å². The van der Waals surface area contributed by atoms with Crippen LogP contribution in [0.1, 0.15) is 108 Å². The van der Waals surface area contributed by atoms with Crippen LogP contribution in [0.5, 0.6) is 0 Å². The molecule has 1 aliphatic heterocycles. The van der Waals surface area contributed by atoms with E-state index in [9.17, 15) is 5.53 Å². The van der Waals surface area contributed by atoms with Gasteiger partial charge in [0.25, 0.3) is 0 Å². The summed E-state index contributed by atoms with van der Waals surface area (Å²) in [7, 11) is 0. The van der Waals surface area contributed by atoms with Crippen molar-refractivity contribution < 1.29 is 4.70 Å². The molecule has 2 aromatic rings. The van der Waals surface area contributed by atoms with E-state index in [1.54, 1.807) is 0 Å². The van der Waals surface area contributed by atoms with Gasteiger partial charge in [-0.2, -0.15) is 0 Å². The van der Waals surface area contributed by atoms with Gasteiger partial charge in [-0.25, -0.2) is 4.70 Å². The number of allylic oxidation sites excluding steroid dienone is 2. The minimum Gasteiger partial charge on any atom is -0.493 e. The normalized spacial score (nSPS) is 13.4. The fourth-order valence-electron chi connectivity index (χ4n) is 4.97. The van der Waals surface area contributed by atoms with Crippen molar-refractivity contribution >= 4 is 11.4 Å². The van der Waals surface area contributed by atoms with Crippen molar-refractivity contribution in [2.45, 2.75) is 98.3 Å². The highest BCUT2D eigenvalue weighted by Gasteiger charge is 2.35. The van der Waals surface area contributed by atoms with Crippen molar-refractivity contribution in [3.8, 4) is 11.8 Å². The molecule has 0 radical (unpaired) electrons. The summed E-state index contributed by atoms with van der Waals surface area (Å²) in [4.78, 5) is 0. The second-order valence-corrected chi connectivity index (χ2v) is 9.56. The topological polar surface area (TPSA) is 25.3 Å². The van der Waals surface area contributed by atoms with Gasteiger partial charge in [0.1, 0.15) is 0 Å². The number of rotatable bonds is 13. The zero-order valence-corrected chi connectivity index (χ0v) is 22.3. The second-order valence-electron chi connectivity index (χ2n) is 9.56. The molecule has 0 atom stereocenters. The summed E-state index contributed by atoms with van der Waals surface area (Å²) in [5, 5.41) is 0. The first-order valence-electron chi connectivity index (χ1n) is 13.7. The molecule has 1 aliphatic rings. The molecule has 2 nitrogen and oxygen atoms in total. The highest BCUT2D eigenvalue weighted by atomic mass is 15.2. The van der Waals surface area contributed by atoms with E-state index in [0.717, 1.165) is 80.3 Å². The Kier molecular flexibility index (Phi) is 10.5. The first kappa shape index (κ1) is 26.7. The second kappa shape index (κ2) is 13.8. The third-order valence-corrected chi connectivity index (χ3v) is 6.94. The van der Waals surface area contributed by atoms with E-state index >= 15 is 0 Å². The maximum Gasteiger partial charge on any atom is 0.211 e. The molecule has 3 rings (SSSR count). The highest BCUT2D eigenvalue weighted by Crippen LogP contribution is 2.45. The van der Waals surface area contributed by atoms with Crippen LogP contribution in [0.2, 0.25) is 0 Å². The van der Waals surface area contributed by atoms with Crippen molar-refractivity contribution in [3.05, 3.63) is 87.5 Å². The van der Waals surface area contributed by atoms with E-state index in [1.807, 2.05) is 6.92 Å². The molecule has 2 aromatic carbocycles. The average Bonchev–Trinajstić information content (AvgIpc) is 3.16. The van der Waals surface area contributed by atoms with Gasteiger partial charge in [0.05, 0.1) is 0 Å². The molecular formula is C33H42N2. The third-order valence-electron chi connectivity index (χ3n) is 6.94. The van der Waals surface area contributed by atoms with E-state index in [1.165, 1.54) is 39.8 Å². The van der Waals surface area contributed by atoms with Gasteiger partial charge in [-0.1, -0.05) is 70.4 Å². The Balaban J connectivity index is 2.10. The number of nitrogens with zero attached hydrogens (tertiary/aromatic N) is 2. The molecule has 0 bridgehead atoms. The predicted molar refractivity (Wildman–Crippen MR) is 150 cm³/mol. The van der Waals surface area contributed by atoms with Crippen LogP contribution in [0.3, 0.4) is 0 Å². The molecule has 0 aliphatic carbocycles. The number of benzene rings is 2. The van der Waals surface area contributed by atoms with Crippen molar-refractivity contribution in [2.75, 3.05) is 0 Å². The van der Waals surface area contributed by atoms with Gasteiger partial charge >= 0.3 is 0 Å². The maximum absolute atomic E-state index is 11.8. The Morgan fingerprint density at radius 1 is 0.714 bits per heavy atom. The van der Waals surface area contributed by atoms with E-state index in [4.69, 9.17) is 0 Å². The van der Waals surface area contributed by atoms with Gasteiger partial charge in [0.15, 0.2) is 0 Å². The minimum atomic E-state index is 0.832. The van der Waals surface area contributed by atoms with Crippen LogP contribution < -0.4 is 0 Å². The van der Waals surface area contributed by atoms with Crippen molar-refractivity contribution in [1.29, 1.82) is 0 Å². The van der Waals surface area contributed by atoms with Crippen LogP contribution in [0.25, 0.3) is 16.9 Å². The summed E-state index contributed by atoms with van der Waals surface area (Å²) in [6.45, 7) is 8.62. The summed E-state index contributed by atoms with van der Waals surface area (Å²) in [6, 6.07) is 17.5. The molecule has 184 valence electrons. The van der Waals surface area contributed by atoms with Crippen molar-refractivity contribution in [1.82, 2.24) is 0 Å². The first-order chi connectivity index (χ1) is 17.2. The summed E-state index contributed by atoms with van der Waals surface area (Å²) in [6.07, 6.45) is 11.8. The summed E-state index contributed by atoms with van der Waals surface area (Å²) in [5.41, 5.74) is 21.3. The molecule has 0 N–H and O–H groups in total. The van der Waals surface area contributed by atoms with Gasteiger partial charge in [-0.15, -0.1) is 11.8 Å². The highest BCUT2D eigenvalue weighted by molar-refractivity contribution is 5.82. The van der Waals surface area contributed by atoms with Crippen molar-refractivity contribution in [2.24, 2.45) is 0 Å². The van der Waals surface area contributed by atoms with E-state index in [0.29, 0.717) is 0 Å². The van der Waals surface area contributed by atoms with E-state index < -0.39 is 0 Å². The maximum atomic E-state index is 11.8. The molecule has 0 spiro atoms. The fraction of sp³-hybridized carbons (Fsp3) is 0.455. The molecular weight excluding hydrogens is 424 g/mol. The SMILES string of the molecule is CC#CCCc1ccccc1C1=C(CCCC)C(CCCC)=C(c2ccc(CCCC)cc2)[N+]1=[N-]. The average molecular weight is 467 g/mol. The monoisotopic (exact) mass is 466 g/mol. The standard InChI is InChI=1S/C33H42N2/c1-5-9-13-17-27-18-14-15-21-29(27)33-31(20-12-8-4)30(19-11-7-3)32(35(33)34)28-24-22-26(23-25-28)16-10-6-2/h14-15,18,21-25H,6-8,10-13,16-17,19-20H2,1-4H3. The summed E-state index contributed by atoms with van der Waals surface area (Å²) >= 11 is 0. The van der Waals surface area contributed by atoms with Gasteiger partial charge in [-0.05, 0) is 81.2 Å². The molecule has 1 heterocycles. The zero-order valence-electron chi connectivity index (χ0n) is 22.3. The van der Waals surface area contributed by atoms with Gasteiger partial charge in [0, 0.05) is 28.7 Å². The van der Waals surface area contributed by atoms with Crippen molar-refractivity contribution in [3.63, 3.8) is 0 Å². The number of hydrogen-bond donors (Lipinski definition) is 0. The third kappa shape index (κ3) is 6.61. The molecule has 0 aromatic heterocycles. The molecule has 0 saturated carbocycles. The minimum absolute atomic E-state index is 0.832. The van der Waals surface area contributed by atoms with Crippen LogP contribution in [-0.4, -0.2) is 4.70 Å². The van der Waals surface area contributed by atoms with Gasteiger partial charge < -0.3 is 5.53 Å². The molecule has 0 saturated heterocycles. The largest absolute Gasteiger partial charge is 0.493 e. The molecule has 35 heavy (non-hydrogen) atoms. The molecule has 0 fully saturated rings. The Hall–Kier alpha value is -2.92. The van der Waals surface area contributed by atoms with Gasteiger partial charge in [0.2, 0.25) is 11.4 Å². The van der Waals surface area contributed by atoms with Crippen LogP contribution in [0.4, 0.5) is 0 Å². The fourth-order valence-corrected chi connectivity index (χ4v) is 4.97.